The molecule has 1 atom stereocenters. The highest BCUT2D eigenvalue weighted by Crippen LogP contribution is 2.11. The molecule has 1 aromatic carbocycles. The highest BCUT2D eigenvalue weighted by Gasteiger charge is 2.14. The summed E-state index contributed by atoms with van der Waals surface area (Å²) in [5.74, 6) is -0.475. The third-order valence-corrected chi connectivity index (χ3v) is 2.80. The smallest absolute Gasteiger partial charge is 0.287 e. The van der Waals surface area contributed by atoms with Crippen LogP contribution >= 0.6 is 0 Å². The fourth-order valence-electron chi connectivity index (χ4n) is 1.78. The van der Waals surface area contributed by atoms with Crippen molar-refractivity contribution in [1.29, 1.82) is 0 Å². The lowest BCUT2D eigenvalue weighted by Crippen LogP contribution is -2.33. The number of carbonyl (C=O) groups is 1. The molecule has 2 aromatic rings. The lowest BCUT2D eigenvalue weighted by Gasteiger charge is -2.11. The van der Waals surface area contributed by atoms with E-state index in [-0.39, 0.29) is 23.8 Å². The first-order valence-corrected chi connectivity index (χ1v) is 6.06. The van der Waals surface area contributed by atoms with Gasteiger partial charge in [0.1, 0.15) is 5.58 Å². The van der Waals surface area contributed by atoms with Crippen molar-refractivity contribution in [3.8, 4) is 0 Å². The van der Waals surface area contributed by atoms with Crippen molar-refractivity contribution in [1.82, 2.24) is 5.32 Å². The molecular formula is C14H15NO4. The zero-order valence-corrected chi connectivity index (χ0v) is 10.6. The molecule has 19 heavy (non-hydrogen) atoms. The second-order valence-electron chi connectivity index (χ2n) is 4.36. The number of carbonyl (C=O) groups excluding carboxylic acids is 1. The van der Waals surface area contributed by atoms with E-state index in [9.17, 15) is 9.59 Å². The average Bonchev–Trinajstić information content (AvgIpc) is 2.39. The quantitative estimate of drug-likeness (QED) is 0.869. The van der Waals surface area contributed by atoms with Gasteiger partial charge in [-0.3, -0.25) is 9.59 Å². The van der Waals surface area contributed by atoms with Crippen molar-refractivity contribution in [3.63, 3.8) is 0 Å². The predicted molar refractivity (Wildman–Crippen MR) is 71.1 cm³/mol. The van der Waals surface area contributed by atoms with E-state index in [0.29, 0.717) is 17.4 Å². The number of aliphatic hydroxyl groups is 1. The summed E-state index contributed by atoms with van der Waals surface area (Å²) in [6.45, 7) is 1.76. The fourth-order valence-corrected chi connectivity index (χ4v) is 1.78. The fraction of sp³-hybridized carbons (Fsp3) is 0.286. The first kappa shape index (κ1) is 13.3. The van der Waals surface area contributed by atoms with Gasteiger partial charge in [0.2, 0.25) is 0 Å². The van der Waals surface area contributed by atoms with E-state index in [1.807, 2.05) is 0 Å². The lowest BCUT2D eigenvalue weighted by molar-refractivity contribution is 0.0907. The van der Waals surface area contributed by atoms with Gasteiger partial charge in [0.05, 0.1) is 5.39 Å². The monoisotopic (exact) mass is 261 g/mol. The highest BCUT2D eigenvalue weighted by atomic mass is 16.3. The van der Waals surface area contributed by atoms with Crippen LogP contribution in [0, 0.1) is 0 Å². The minimum absolute atomic E-state index is 0.0108. The van der Waals surface area contributed by atoms with E-state index >= 15 is 0 Å². The molecule has 0 aliphatic rings. The van der Waals surface area contributed by atoms with Gasteiger partial charge in [-0.15, -0.1) is 0 Å². The van der Waals surface area contributed by atoms with Gasteiger partial charge in [-0.1, -0.05) is 12.1 Å². The molecule has 1 aromatic heterocycles. The maximum atomic E-state index is 11.9. The largest absolute Gasteiger partial charge is 0.451 e. The van der Waals surface area contributed by atoms with Gasteiger partial charge in [-0.2, -0.15) is 0 Å². The van der Waals surface area contributed by atoms with Crippen LogP contribution in [0.15, 0.2) is 39.5 Å². The van der Waals surface area contributed by atoms with E-state index in [1.165, 1.54) is 6.07 Å². The number of rotatable bonds is 4. The second kappa shape index (κ2) is 5.67. The maximum absolute atomic E-state index is 11.9. The summed E-state index contributed by atoms with van der Waals surface area (Å²) in [5.41, 5.74) is 0.136. The molecule has 0 aliphatic carbocycles. The van der Waals surface area contributed by atoms with Gasteiger partial charge in [-0.05, 0) is 25.5 Å². The molecule has 0 spiro atoms. The Morgan fingerprint density at radius 1 is 1.42 bits per heavy atom. The molecule has 100 valence electrons. The Hall–Kier alpha value is -2.14. The van der Waals surface area contributed by atoms with E-state index in [2.05, 4.69) is 5.32 Å². The van der Waals surface area contributed by atoms with Gasteiger partial charge in [0, 0.05) is 18.7 Å². The molecule has 0 bridgehead atoms. The number of para-hydroxylation sites is 1. The Balaban J connectivity index is 2.30. The number of nitrogens with one attached hydrogen (secondary N) is 1. The molecule has 0 fully saturated rings. The van der Waals surface area contributed by atoms with E-state index in [0.717, 1.165) is 0 Å². The van der Waals surface area contributed by atoms with Gasteiger partial charge < -0.3 is 14.8 Å². The van der Waals surface area contributed by atoms with Crippen LogP contribution in [0.1, 0.15) is 23.9 Å². The first-order valence-electron chi connectivity index (χ1n) is 6.06. The van der Waals surface area contributed by atoms with Crippen LogP contribution in [0.2, 0.25) is 0 Å². The molecule has 1 amide bonds. The summed E-state index contributed by atoms with van der Waals surface area (Å²) >= 11 is 0. The van der Waals surface area contributed by atoms with Crippen molar-refractivity contribution >= 4 is 16.9 Å². The van der Waals surface area contributed by atoms with E-state index in [4.69, 9.17) is 9.52 Å². The number of hydrogen-bond donors (Lipinski definition) is 2. The summed E-state index contributed by atoms with van der Waals surface area (Å²) in [5, 5.41) is 11.9. The molecule has 5 nitrogen and oxygen atoms in total. The summed E-state index contributed by atoms with van der Waals surface area (Å²) in [4.78, 5) is 23.7. The number of fused-ring (bicyclic) bond motifs is 1. The Labute approximate surface area is 109 Å². The van der Waals surface area contributed by atoms with Crippen LogP contribution < -0.4 is 10.7 Å². The molecule has 2 rings (SSSR count). The molecule has 1 heterocycles. The minimum Gasteiger partial charge on any atom is -0.451 e. The third-order valence-electron chi connectivity index (χ3n) is 2.80. The van der Waals surface area contributed by atoms with Gasteiger partial charge in [-0.25, -0.2) is 0 Å². The molecule has 0 saturated heterocycles. The SMILES string of the molecule is CC(CCO)NC(=O)c1cc(=O)c2ccccc2o1. The lowest BCUT2D eigenvalue weighted by atomic mass is 10.2. The standard InChI is InChI=1S/C14H15NO4/c1-9(6-7-16)15-14(18)13-8-11(17)10-4-2-3-5-12(10)19-13/h2-5,8-9,16H,6-7H2,1H3,(H,15,18). The summed E-state index contributed by atoms with van der Waals surface area (Å²) in [6, 6.07) is 7.77. The first-order chi connectivity index (χ1) is 9.11. The van der Waals surface area contributed by atoms with Crippen LogP contribution in [-0.4, -0.2) is 23.7 Å². The van der Waals surface area contributed by atoms with Crippen LogP contribution in [-0.2, 0) is 0 Å². The van der Waals surface area contributed by atoms with Crippen molar-refractivity contribution in [2.24, 2.45) is 0 Å². The Morgan fingerprint density at radius 2 is 2.16 bits per heavy atom. The molecule has 2 N–H and O–H groups in total. The molecule has 0 radical (unpaired) electrons. The zero-order valence-electron chi connectivity index (χ0n) is 10.6. The summed E-state index contributed by atoms with van der Waals surface area (Å²) in [7, 11) is 0. The molecule has 0 aliphatic heterocycles. The number of amides is 1. The number of benzene rings is 1. The van der Waals surface area contributed by atoms with Crippen molar-refractivity contribution in [2.45, 2.75) is 19.4 Å². The number of aliphatic hydroxyl groups excluding tert-OH is 1. The van der Waals surface area contributed by atoms with Gasteiger partial charge in [0.25, 0.3) is 5.91 Å². The van der Waals surface area contributed by atoms with E-state index < -0.39 is 5.91 Å². The maximum Gasteiger partial charge on any atom is 0.287 e. The molecule has 5 heteroatoms. The van der Waals surface area contributed by atoms with Gasteiger partial charge >= 0.3 is 0 Å². The van der Waals surface area contributed by atoms with Crippen molar-refractivity contribution in [2.75, 3.05) is 6.61 Å². The van der Waals surface area contributed by atoms with Crippen LogP contribution in [0.5, 0.6) is 0 Å². The second-order valence-corrected chi connectivity index (χ2v) is 4.36. The number of hydrogen-bond acceptors (Lipinski definition) is 4. The Bertz CT molecular complexity index is 647. The summed E-state index contributed by atoms with van der Waals surface area (Å²) < 4.78 is 5.41. The average molecular weight is 261 g/mol. The van der Waals surface area contributed by atoms with Crippen LogP contribution in [0.4, 0.5) is 0 Å². The van der Waals surface area contributed by atoms with Crippen LogP contribution in [0.25, 0.3) is 11.0 Å². The Morgan fingerprint density at radius 3 is 2.89 bits per heavy atom. The highest BCUT2D eigenvalue weighted by molar-refractivity contribution is 5.93. The van der Waals surface area contributed by atoms with E-state index in [1.54, 1.807) is 31.2 Å². The van der Waals surface area contributed by atoms with Crippen molar-refractivity contribution < 1.29 is 14.3 Å². The molecular weight excluding hydrogens is 246 g/mol. The van der Waals surface area contributed by atoms with Crippen molar-refractivity contribution in [3.05, 3.63) is 46.3 Å². The molecule has 1 unspecified atom stereocenters. The van der Waals surface area contributed by atoms with Crippen LogP contribution in [0.3, 0.4) is 0 Å². The summed E-state index contributed by atoms with van der Waals surface area (Å²) in [6.07, 6.45) is 0.448. The van der Waals surface area contributed by atoms with Gasteiger partial charge in [0.15, 0.2) is 11.2 Å². The molecule has 0 saturated carbocycles. The zero-order chi connectivity index (χ0) is 13.8. The normalized spacial score (nSPS) is 12.3. The minimum atomic E-state index is -0.455. The topological polar surface area (TPSA) is 79.5 Å². The third kappa shape index (κ3) is 3.00. The predicted octanol–water partition coefficient (Wildman–Crippen LogP) is 1.29. The Kier molecular flexibility index (Phi) is 3.97.